The molecular weight excluding hydrogens is 431 g/mol. The molecule has 162 valence electrons. The predicted molar refractivity (Wildman–Crippen MR) is 122 cm³/mol. The molecule has 8 nitrogen and oxygen atoms in total. The highest BCUT2D eigenvalue weighted by Crippen LogP contribution is 2.36. The van der Waals surface area contributed by atoms with Crippen LogP contribution in [-0.4, -0.2) is 38.4 Å². The summed E-state index contributed by atoms with van der Waals surface area (Å²) >= 11 is 6.06. The van der Waals surface area contributed by atoms with E-state index in [1.165, 1.54) is 0 Å². The van der Waals surface area contributed by atoms with Gasteiger partial charge in [-0.05, 0) is 64.1 Å². The zero-order chi connectivity index (χ0) is 22.7. The van der Waals surface area contributed by atoms with Gasteiger partial charge in [-0.2, -0.15) is 4.98 Å². The number of fused-ring (bicyclic) bond motifs is 1. The third kappa shape index (κ3) is 3.52. The van der Waals surface area contributed by atoms with Gasteiger partial charge in [0.15, 0.2) is 0 Å². The largest absolute Gasteiger partial charge is 0.514 e. The van der Waals surface area contributed by atoms with Crippen LogP contribution in [0, 0.1) is 0 Å². The number of nitrogens with zero attached hydrogens (tertiary/aromatic N) is 3. The second-order valence-corrected chi connectivity index (χ2v) is 9.16. The lowest BCUT2D eigenvalue weighted by Gasteiger charge is -2.32. The van der Waals surface area contributed by atoms with E-state index in [2.05, 4.69) is 20.1 Å². The summed E-state index contributed by atoms with van der Waals surface area (Å²) in [6.07, 6.45) is 1.62. The number of halogens is 1. The van der Waals surface area contributed by atoms with Crippen LogP contribution < -0.4 is 11.2 Å². The number of aromatic nitrogens is 4. The number of pyridine rings is 2. The summed E-state index contributed by atoms with van der Waals surface area (Å²) in [7, 11) is -0.558. The van der Waals surface area contributed by atoms with E-state index in [9.17, 15) is 4.79 Å². The van der Waals surface area contributed by atoms with Crippen LogP contribution in [0.5, 0.6) is 0 Å². The molecule has 5 rings (SSSR count). The first-order chi connectivity index (χ1) is 15.1. The normalized spacial score (nSPS) is 17.2. The molecule has 1 aromatic carbocycles. The third-order valence-electron chi connectivity index (χ3n) is 6.00. The Morgan fingerprint density at radius 3 is 2.47 bits per heavy atom. The van der Waals surface area contributed by atoms with Crippen LogP contribution in [0.25, 0.3) is 33.7 Å². The number of rotatable bonds is 3. The zero-order valence-corrected chi connectivity index (χ0v) is 18.7. The molecule has 0 aliphatic carbocycles. The summed E-state index contributed by atoms with van der Waals surface area (Å²) < 4.78 is 17.4. The quantitative estimate of drug-likeness (QED) is 0.476. The molecule has 32 heavy (non-hydrogen) atoms. The van der Waals surface area contributed by atoms with Crippen molar-refractivity contribution in [2.75, 3.05) is 0 Å². The monoisotopic (exact) mass is 450 g/mol. The van der Waals surface area contributed by atoms with E-state index >= 15 is 0 Å². The lowest BCUT2D eigenvalue weighted by atomic mass is 9.84. The fourth-order valence-corrected chi connectivity index (χ4v) is 3.61. The molecule has 4 aromatic rings. The molecule has 1 aliphatic rings. The topological polar surface area (TPSA) is 103 Å². The molecule has 0 saturated carbocycles. The predicted octanol–water partition coefficient (Wildman–Crippen LogP) is 3.59. The Kier molecular flexibility index (Phi) is 4.74. The van der Waals surface area contributed by atoms with Gasteiger partial charge in [-0.3, -0.25) is 9.78 Å². The molecule has 10 heteroatoms. The van der Waals surface area contributed by atoms with Crippen molar-refractivity contribution in [2.24, 2.45) is 0 Å². The highest BCUT2D eigenvalue weighted by molar-refractivity contribution is 6.61. The van der Waals surface area contributed by atoms with Gasteiger partial charge in [0.05, 0.1) is 16.8 Å². The molecule has 0 atom stereocenters. The molecular formula is C22H20BClN4O4. The van der Waals surface area contributed by atoms with Gasteiger partial charge in [0.2, 0.25) is 5.82 Å². The van der Waals surface area contributed by atoms with E-state index in [4.69, 9.17) is 25.4 Å². The molecule has 0 radical (unpaired) electrons. The summed E-state index contributed by atoms with van der Waals surface area (Å²) in [5.41, 5.74) is 1.00. The highest BCUT2D eigenvalue weighted by Gasteiger charge is 2.52. The van der Waals surface area contributed by atoms with Gasteiger partial charge in [-0.1, -0.05) is 16.8 Å². The minimum absolute atomic E-state index is 0.109. The minimum Gasteiger partial charge on any atom is -0.398 e. The second-order valence-electron chi connectivity index (χ2n) is 8.73. The van der Waals surface area contributed by atoms with Crippen LogP contribution in [0.1, 0.15) is 27.7 Å². The maximum absolute atomic E-state index is 12.5. The number of hydrogen-bond acceptors (Lipinski definition) is 7. The second kappa shape index (κ2) is 7.26. The Labute approximate surface area is 189 Å². The van der Waals surface area contributed by atoms with E-state index in [1.54, 1.807) is 36.5 Å². The van der Waals surface area contributed by atoms with Gasteiger partial charge in [0, 0.05) is 27.7 Å². The van der Waals surface area contributed by atoms with E-state index in [0.29, 0.717) is 27.5 Å². The van der Waals surface area contributed by atoms with Crippen molar-refractivity contribution in [3.63, 3.8) is 0 Å². The van der Waals surface area contributed by atoms with Crippen molar-refractivity contribution >= 4 is 35.2 Å². The van der Waals surface area contributed by atoms with Crippen molar-refractivity contribution in [2.45, 2.75) is 38.9 Å². The van der Waals surface area contributed by atoms with Crippen LogP contribution in [0.3, 0.4) is 0 Å². The zero-order valence-electron chi connectivity index (χ0n) is 18.0. The first-order valence-corrected chi connectivity index (χ1v) is 10.5. The molecule has 0 unspecified atom stereocenters. The van der Waals surface area contributed by atoms with Crippen molar-refractivity contribution < 1.29 is 13.8 Å². The number of benzene rings is 1. The molecule has 4 heterocycles. The molecule has 3 aromatic heterocycles. The number of H-pyrrole nitrogens is 1. The van der Waals surface area contributed by atoms with Crippen molar-refractivity contribution in [3.05, 3.63) is 58.0 Å². The van der Waals surface area contributed by atoms with Crippen molar-refractivity contribution in [1.82, 2.24) is 20.1 Å². The minimum atomic E-state index is -0.558. The van der Waals surface area contributed by atoms with Crippen molar-refractivity contribution in [3.8, 4) is 22.8 Å². The van der Waals surface area contributed by atoms with Crippen LogP contribution in [0.2, 0.25) is 5.02 Å². The Morgan fingerprint density at radius 1 is 1.03 bits per heavy atom. The molecule has 0 bridgehead atoms. The Balaban J connectivity index is 1.43. The van der Waals surface area contributed by atoms with E-state index in [1.807, 2.05) is 33.8 Å². The first kappa shape index (κ1) is 20.9. The molecule has 0 spiro atoms. The van der Waals surface area contributed by atoms with Crippen LogP contribution in [-0.2, 0) is 9.31 Å². The summed E-state index contributed by atoms with van der Waals surface area (Å²) in [5.74, 6) is 0.428. The maximum atomic E-state index is 12.5. The van der Waals surface area contributed by atoms with E-state index in [-0.39, 0.29) is 17.0 Å². The number of aromatic amines is 1. The summed E-state index contributed by atoms with van der Waals surface area (Å²) in [4.78, 5) is 24.2. The van der Waals surface area contributed by atoms with Gasteiger partial charge in [-0.25, -0.2) is 0 Å². The highest BCUT2D eigenvalue weighted by atomic mass is 35.5. The van der Waals surface area contributed by atoms with E-state index in [0.717, 1.165) is 5.39 Å². The van der Waals surface area contributed by atoms with Crippen LogP contribution >= 0.6 is 11.6 Å². The lowest BCUT2D eigenvalue weighted by Crippen LogP contribution is -2.41. The maximum Gasteiger partial charge on any atom is 0.514 e. The van der Waals surface area contributed by atoms with Crippen LogP contribution in [0.15, 0.2) is 51.9 Å². The molecule has 1 saturated heterocycles. The van der Waals surface area contributed by atoms with Crippen molar-refractivity contribution in [1.29, 1.82) is 0 Å². The standard InChI is InChI=1S/C22H20BClN4O4/c1-21(2)22(3,4)32-23(31-21)17-8-5-12(11-25-17)18-27-20(30-28-18)15-10-13-9-14(24)6-7-16(13)26-19(15)29/h5-11H,1-4H3,(H,26,29). The lowest BCUT2D eigenvalue weighted by molar-refractivity contribution is 0.00578. The van der Waals surface area contributed by atoms with Gasteiger partial charge in [0.25, 0.3) is 11.4 Å². The Morgan fingerprint density at radius 2 is 1.78 bits per heavy atom. The number of hydrogen-bond donors (Lipinski definition) is 1. The summed E-state index contributed by atoms with van der Waals surface area (Å²) in [6, 6.07) is 10.5. The van der Waals surface area contributed by atoms with Gasteiger partial charge in [0.1, 0.15) is 5.56 Å². The Bertz CT molecular complexity index is 1360. The molecule has 0 amide bonds. The average Bonchev–Trinajstić information content (AvgIpc) is 3.30. The van der Waals surface area contributed by atoms with Gasteiger partial charge < -0.3 is 18.8 Å². The third-order valence-corrected chi connectivity index (χ3v) is 6.24. The fourth-order valence-electron chi connectivity index (χ4n) is 3.43. The smallest absolute Gasteiger partial charge is 0.398 e. The summed E-state index contributed by atoms with van der Waals surface area (Å²) in [5, 5.41) is 5.34. The van der Waals surface area contributed by atoms with Gasteiger partial charge in [-0.15, -0.1) is 0 Å². The molecule has 1 fully saturated rings. The average molecular weight is 451 g/mol. The first-order valence-electron chi connectivity index (χ1n) is 10.1. The fraction of sp³-hybridized carbons (Fsp3) is 0.273. The molecule has 1 aliphatic heterocycles. The number of nitrogens with one attached hydrogen (secondary N) is 1. The Hall–Kier alpha value is -3.01. The van der Waals surface area contributed by atoms with E-state index < -0.39 is 18.3 Å². The van der Waals surface area contributed by atoms with Gasteiger partial charge >= 0.3 is 7.12 Å². The van der Waals surface area contributed by atoms with Crippen LogP contribution in [0.4, 0.5) is 0 Å². The SMILES string of the molecule is CC1(C)OB(c2ccc(-c3noc(-c4cc5cc(Cl)ccc5[nH]c4=O)n3)cn2)OC1(C)C. The molecule has 1 N–H and O–H groups in total. The summed E-state index contributed by atoms with van der Waals surface area (Å²) in [6.45, 7) is 7.96.